The minimum Gasteiger partial charge on any atom is -0.338 e. The van der Waals surface area contributed by atoms with Gasteiger partial charge in [-0.15, -0.1) is 0 Å². The zero-order valence-corrected chi connectivity index (χ0v) is 11.0. The summed E-state index contributed by atoms with van der Waals surface area (Å²) in [5.74, 6) is 0.332. The Morgan fingerprint density at radius 1 is 1.53 bits per heavy atom. The highest BCUT2D eigenvalue weighted by Gasteiger charge is 2.18. The SMILES string of the molecule is O=[N+]([O-])NC1=NCCCN1CCc1ccc(Cl)nc1. The fourth-order valence-electron chi connectivity index (χ4n) is 1.88. The fraction of sp³-hybridized carbons (Fsp3) is 0.455. The first-order valence-corrected chi connectivity index (χ1v) is 6.34. The zero-order valence-electron chi connectivity index (χ0n) is 10.3. The molecule has 7 nitrogen and oxygen atoms in total. The van der Waals surface area contributed by atoms with Gasteiger partial charge in [0.05, 0.1) is 0 Å². The van der Waals surface area contributed by atoms with E-state index in [2.05, 4.69) is 15.4 Å². The van der Waals surface area contributed by atoms with E-state index in [1.54, 1.807) is 12.3 Å². The second-order valence-corrected chi connectivity index (χ2v) is 4.54. The van der Waals surface area contributed by atoms with Crippen LogP contribution in [0.2, 0.25) is 5.15 Å². The molecule has 8 heteroatoms. The summed E-state index contributed by atoms with van der Waals surface area (Å²) in [6.45, 7) is 2.04. The van der Waals surface area contributed by atoms with Crippen molar-refractivity contribution in [3.05, 3.63) is 39.2 Å². The number of rotatable bonds is 4. The zero-order chi connectivity index (χ0) is 13.7. The van der Waals surface area contributed by atoms with Gasteiger partial charge in [0.25, 0.3) is 5.96 Å². The minimum atomic E-state index is -0.582. The van der Waals surface area contributed by atoms with Gasteiger partial charge in [0.2, 0.25) is 0 Å². The van der Waals surface area contributed by atoms with Crippen molar-refractivity contribution in [2.24, 2.45) is 4.99 Å². The van der Waals surface area contributed by atoms with E-state index in [0.717, 1.165) is 24.9 Å². The average Bonchev–Trinajstić information content (AvgIpc) is 2.39. The van der Waals surface area contributed by atoms with Gasteiger partial charge in [0.15, 0.2) is 5.03 Å². The molecule has 0 amide bonds. The first kappa shape index (κ1) is 13.5. The monoisotopic (exact) mass is 283 g/mol. The van der Waals surface area contributed by atoms with Crippen LogP contribution in [0.4, 0.5) is 0 Å². The van der Waals surface area contributed by atoms with Gasteiger partial charge in [-0.1, -0.05) is 23.1 Å². The Bertz CT molecular complexity index is 476. The molecule has 102 valence electrons. The van der Waals surface area contributed by atoms with Gasteiger partial charge in [-0.2, -0.15) is 0 Å². The van der Waals surface area contributed by atoms with Crippen molar-refractivity contribution in [3.63, 3.8) is 0 Å². The van der Waals surface area contributed by atoms with Crippen molar-refractivity contribution in [2.45, 2.75) is 12.8 Å². The molecule has 1 aromatic heterocycles. The van der Waals surface area contributed by atoms with E-state index in [-0.39, 0.29) is 0 Å². The molecule has 0 aliphatic carbocycles. The highest BCUT2D eigenvalue weighted by Crippen LogP contribution is 2.08. The molecule has 2 rings (SSSR count). The van der Waals surface area contributed by atoms with Crippen molar-refractivity contribution < 1.29 is 5.03 Å². The predicted octanol–water partition coefficient (Wildman–Crippen LogP) is 1.12. The molecular formula is C11H14ClN5O2. The lowest BCUT2D eigenvalue weighted by Gasteiger charge is -2.26. The van der Waals surface area contributed by atoms with Crippen molar-refractivity contribution in [2.75, 3.05) is 19.6 Å². The van der Waals surface area contributed by atoms with Crippen molar-refractivity contribution >= 4 is 17.6 Å². The third kappa shape index (κ3) is 4.06. The van der Waals surface area contributed by atoms with E-state index in [4.69, 9.17) is 11.6 Å². The van der Waals surface area contributed by atoms with Crippen LogP contribution >= 0.6 is 11.6 Å². The second kappa shape index (κ2) is 6.33. The van der Waals surface area contributed by atoms with Gasteiger partial charge >= 0.3 is 0 Å². The number of nitro groups is 1. The van der Waals surface area contributed by atoms with Crippen molar-refractivity contribution in [3.8, 4) is 0 Å². The topological polar surface area (TPSA) is 83.7 Å². The van der Waals surface area contributed by atoms with E-state index < -0.39 is 5.03 Å². The first-order chi connectivity index (χ1) is 9.15. The Morgan fingerprint density at radius 3 is 3.05 bits per heavy atom. The number of aromatic nitrogens is 1. The summed E-state index contributed by atoms with van der Waals surface area (Å²) in [5.41, 5.74) is 3.18. The third-order valence-corrected chi connectivity index (χ3v) is 3.02. The Kier molecular flexibility index (Phi) is 4.51. The van der Waals surface area contributed by atoms with Crippen LogP contribution in [-0.2, 0) is 6.42 Å². The predicted molar refractivity (Wildman–Crippen MR) is 71.6 cm³/mol. The molecule has 1 aromatic rings. The molecule has 1 aliphatic heterocycles. The summed E-state index contributed by atoms with van der Waals surface area (Å²) in [6, 6.07) is 3.63. The Balaban J connectivity index is 1.93. The maximum absolute atomic E-state index is 10.5. The van der Waals surface area contributed by atoms with E-state index in [0.29, 0.717) is 24.2 Å². The average molecular weight is 284 g/mol. The number of hydrogen-bond donors (Lipinski definition) is 1. The van der Waals surface area contributed by atoms with Crippen molar-refractivity contribution in [1.82, 2.24) is 15.3 Å². The number of hydrazine groups is 1. The summed E-state index contributed by atoms with van der Waals surface area (Å²) in [5, 5.41) is 10.4. The third-order valence-electron chi connectivity index (χ3n) is 2.80. The molecule has 0 aromatic carbocycles. The number of nitrogens with zero attached hydrogens (tertiary/aromatic N) is 4. The van der Waals surface area contributed by atoms with Crippen LogP contribution in [-0.4, -0.2) is 40.5 Å². The van der Waals surface area contributed by atoms with Crippen LogP contribution in [0, 0.1) is 10.1 Å². The summed E-state index contributed by atoms with van der Waals surface area (Å²) >= 11 is 5.72. The van der Waals surface area contributed by atoms with Gasteiger partial charge in [0, 0.05) is 25.8 Å². The van der Waals surface area contributed by atoms with Crippen LogP contribution in [0.15, 0.2) is 23.3 Å². The molecule has 0 saturated carbocycles. The molecular weight excluding hydrogens is 270 g/mol. The van der Waals surface area contributed by atoms with Crippen LogP contribution in [0.1, 0.15) is 12.0 Å². The number of pyridine rings is 1. The van der Waals surface area contributed by atoms with Gasteiger partial charge in [-0.25, -0.2) is 20.1 Å². The Labute approximate surface area is 115 Å². The smallest absolute Gasteiger partial charge is 0.256 e. The summed E-state index contributed by atoms with van der Waals surface area (Å²) in [6.07, 6.45) is 3.36. The van der Waals surface area contributed by atoms with E-state index in [1.807, 2.05) is 11.0 Å². The number of guanidine groups is 1. The van der Waals surface area contributed by atoms with Gasteiger partial charge in [-0.05, 0) is 24.5 Å². The number of hydrogen-bond acceptors (Lipinski definition) is 5. The van der Waals surface area contributed by atoms with Crippen LogP contribution in [0.25, 0.3) is 0 Å². The summed E-state index contributed by atoms with van der Waals surface area (Å²) in [4.78, 5) is 20.5. The summed E-state index contributed by atoms with van der Waals surface area (Å²) in [7, 11) is 0. The molecule has 2 heterocycles. The second-order valence-electron chi connectivity index (χ2n) is 4.15. The molecule has 0 saturated heterocycles. The standard InChI is InChI=1S/C11H14ClN5O2/c12-10-3-2-9(8-14-10)4-7-16-6-1-5-13-11(16)15-17(18)19/h2-3,8H,1,4-7H2,(H,13,15). The largest absolute Gasteiger partial charge is 0.338 e. The maximum Gasteiger partial charge on any atom is 0.256 e. The molecule has 19 heavy (non-hydrogen) atoms. The Hall–Kier alpha value is -1.89. The van der Waals surface area contributed by atoms with E-state index in [1.165, 1.54) is 0 Å². The normalized spacial score (nSPS) is 15.0. The minimum absolute atomic E-state index is 0.332. The van der Waals surface area contributed by atoms with Crippen LogP contribution < -0.4 is 5.43 Å². The van der Waals surface area contributed by atoms with Crippen molar-refractivity contribution in [1.29, 1.82) is 0 Å². The molecule has 0 spiro atoms. The molecule has 1 aliphatic rings. The molecule has 0 unspecified atom stereocenters. The quantitative estimate of drug-likeness (QED) is 0.508. The lowest BCUT2D eigenvalue weighted by Crippen LogP contribution is -2.47. The number of halogens is 1. The van der Waals surface area contributed by atoms with Crippen LogP contribution in [0.3, 0.4) is 0 Å². The molecule has 0 radical (unpaired) electrons. The maximum atomic E-state index is 10.5. The van der Waals surface area contributed by atoms with E-state index in [9.17, 15) is 10.1 Å². The van der Waals surface area contributed by atoms with E-state index >= 15 is 0 Å². The highest BCUT2D eigenvalue weighted by molar-refractivity contribution is 6.29. The molecule has 1 N–H and O–H groups in total. The molecule has 0 fully saturated rings. The van der Waals surface area contributed by atoms with Gasteiger partial charge in [-0.3, -0.25) is 0 Å². The summed E-state index contributed by atoms with van der Waals surface area (Å²) < 4.78 is 0. The molecule has 0 atom stereocenters. The fourth-order valence-corrected chi connectivity index (χ4v) is 1.99. The lowest BCUT2D eigenvalue weighted by atomic mass is 10.2. The lowest BCUT2D eigenvalue weighted by molar-refractivity contribution is -0.526. The first-order valence-electron chi connectivity index (χ1n) is 5.96. The number of nitrogens with one attached hydrogen (secondary N) is 1. The highest BCUT2D eigenvalue weighted by atomic mass is 35.5. The van der Waals surface area contributed by atoms with Crippen LogP contribution in [0.5, 0.6) is 0 Å². The Morgan fingerprint density at radius 2 is 2.37 bits per heavy atom. The van der Waals surface area contributed by atoms with Gasteiger partial charge in [0.1, 0.15) is 5.15 Å². The number of aliphatic imine (C=N–C) groups is 1. The van der Waals surface area contributed by atoms with Gasteiger partial charge < -0.3 is 4.90 Å². The molecule has 0 bridgehead atoms.